The summed E-state index contributed by atoms with van der Waals surface area (Å²) in [6.45, 7) is 3.57. The van der Waals surface area contributed by atoms with E-state index in [1.165, 1.54) is 31.2 Å². The third-order valence-corrected chi connectivity index (χ3v) is 4.37. The molecular weight excluding hydrogens is 290 g/mol. The summed E-state index contributed by atoms with van der Waals surface area (Å²) in [5.41, 5.74) is 4.98. The number of nitrogens with one attached hydrogen (secondary N) is 2. The highest BCUT2D eigenvalue weighted by Crippen LogP contribution is 2.36. The SMILES string of the molecule is C/C=C\c1cc(C(=O)NC(C)C(=O)NN)ccc1C1CCCC1. The van der Waals surface area contributed by atoms with Crippen LogP contribution in [-0.2, 0) is 4.79 Å². The first-order valence-electron chi connectivity index (χ1n) is 8.14. The Morgan fingerprint density at radius 2 is 2.00 bits per heavy atom. The van der Waals surface area contributed by atoms with Crippen LogP contribution in [0, 0.1) is 0 Å². The third-order valence-electron chi connectivity index (χ3n) is 4.37. The monoisotopic (exact) mass is 315 g/mol. The van der Waals surface area contributed by atoms with Crippen molar-refractivity contribution in [2.75, 3.05) is 0 Å². The zero-order valence-corrected chi connectivity index (χ0v) is 13.8. The van der Waals surface area contributed by atoms with Crippen LogP contribution in [0.25, 0.3) is 6.08 Å². The number of hydrogen-bond donors (Lipinski definition) is 3. The smallest absolute Gasteiger partial charge is 0.256 e. The molecule has 2 rings (SSSR count). The molecule has 1 atom stereocenters. The van der Waals surface area contributed by atoms with Crippen LogP contribution in [0.15, 0.2) is 24.3 Å². The number of hydrazine groups is 1. The number of carbonyl (C=O) groups excluding carboxylic acids is 2. The summed E-state index contributed by atoms with van der Waals surface area (Å²) >= 11 is 0. The second-order valence-electron chi connectivity index (χ2n) is 6.03. The minimum absolute atomic E-state index is 0.273. The molecule has 1 aromatic carbocycles. The largest absolute Gasteiger partial charge is 0.340 e. The Hall–Kier alpha value is -2.14. The molecule has 1 unspecified atom stereocenters. The molecule has 2 amide bonds. The van der Waals surface area contributed by atoms with Gasteiger partial charge in [0, 0.05) is 5.56 Å². The highest BCUT2D eigenvalue weighted by atomic mass is 16.2. The van der Waals surface area contributed by atoms with Gasteiger partial charge in [-0.2, -0.15) is 0 Å². The van der Waals surface area contributed by atoms with E-state index in [1.54, 1.807) is 6.92 Å². The molecule has 0 spiro atoms. The molecule has 1 aromatic rings. The molecule has 5 heteroatoms. The van der Waals surface area contributed by atoms with Gasteiger partial charge < -0.3 is 5.32 Å². The molecule has 0 aliphatic heterocycles. The zero-order valence-electron chi connectivity index (χ0n) is 13.8. The predicted octanol–water partition coefficient (Wildman–Crippen LogP) is 2.49. The number of rotatable bonds is 5. The molecule has 0 saturated heterocycles. The van der Waals surface area contributed by atoms with Crippen molar-refractivity contribution in [3.63, 3.8) is 0 Å². The van der Waals surface area contributed by atoms with Gasteiger partial charge in [0.1, 0.15) is 6.04 Å². The minimum atomic E-state index is -0.674. The Bertz CT molecular complexity index is 604. The Morgan fingerprint density at radius 1 is 1.30 bits per heavy atom. The summed E-state index contributed by atoms with van der Waals surface area (Å²) in [6.07, 6.45) is 9.00. The normalized spacial score (nSPS) is 16.5. The number of benzene rings is 1. The fourth-order valence-electron chi connectivity index (χ4n) is 3.12. The lowest BCUT2D eigenvalue weighted by Gasteiger charge is -2.16. The van der Waals surface area contributed by atoms with Gasteiger partial charge in [0.2, 0.25) is 0 Å². The van der Waals surface area contributed by atoms with Crippen LogP contribution in [0.5, 0.6) is 0 Å². The van der Waals surface area contributed by atoms with Crippen LogP contribution >= 0.6 is 0 Å². The summed E-state index contributed by atoms with van der Waals surface area (Å²) in [7, 11) is 0. The van der Waals surface area contributed by atoms with Crippen LogP contribution in [-0.4, -0.2) is 17.9 Å². The van der Waals surface area contributed by atoms with Crippen LogP contribution in [0.2, 0.25) is 0 Å². The van der Waals surface area contributed by atoms with E-state index in [4.69, 9.17) is 5.84 Å². The maximum absolute atomic E-state index is 12.3. The Kier molecular flexibility index (Phi) is 5.93. The predicted molar refractivity (Wildman–Crippen MR) is 91.6 cm³/mol. The van der Waals surface area contributed by atoms with Crippen LogP contribution < -0.4 is 16.6 Å². The maximum atomic E-state index is 12.3. The lowest BCUT2D eigenvalue weighted by molar-refractivity contribution is -0.122. The molecule has 1 saturated carbocycles. The molecule has 0 heterocycles. The highest BCUT2D eigenvalue weighted by Gasteiger charge is 2.21. The Morgan fingerprint density at radius 3 is 2.61 bits per heavy atom. The van der Waals surface area contributed by atoms with Crippen LogP contribution in [0.4, 0.5) is 0 Å². The topological polar surface area (TPSA) is 84.2 Å². The fraction of sp³-hybridized carbons (Fsp3) is 0.444. The van der Waals surface area contributed by atoms with Gasteiger partial charge in [0.25, 0.3) is 11.8 Å². The van der Waals surface area contributed by atoms with Crippen molar-refractivity contribution in [1.82, 2.24) is 10.7 Å². The first kappa shape index (κ1) is 17.2. The van der Waals surface area contributed by atoms with Gasteiger partial charge in [-0.05, 0) is 55.9 Å². The van der Waals surface area contributed by atoms with Gasteiger partial charge in [-0.3, -0.25) is 15.0 Å². The van der Waals surface area contributed by atoms with E-state index in [0.717, 1.165) is 5.56 Å². The number of carbonyl (C=O) groups is 2. The average Bonchev–Trinajstić information content (AvgIpc) is 3.08. The molecule has 124 valence electrons. The van der Waals surface area contributed by atoms with E-state index >= 15 is 0 Å². The van der Waals surface area contributed by atoms with Crippen molar-refractivity contribution >= 4 is 17.9 Å². The molecule has 0 aromatic heterocycles. The van der Waals surface area contributed by atoms with Gasteiger partial charge in [-0.15, -0.1) is 0 Å². The van der Waals surface area contributed by atoms with Crippen LogP contribution in [0.1, 0.15) is 66.9 Å². The standard InChI is InChI=1S/C18H25N3O2/c1-3-6-14-11-15(18(23)20-12(2)17(22)21-19)9-10-16(14)13-7-4-5-8-13/h3,6,9-13H,4-5,7-8,19H2,1-2H3,(H,20,23)(H,21,22)/b6-3-. The second-order valence-corrected chi connectivity index (χ2v) is 6.03. The Labute approximate surface area is 137 Å². The molecule has 1 aliphatic carbocycles. The van der Waals surface area contributed by atoms with E-state index in [2.05, 4.69) is 5.32 Å². The van der Waals surface area contributed by atoms with Crippen molar-refractivity contribution in [1.29, 1.82) is 0 Å². The number of allylic oxidation sites excluding steroid dienone is 1. The zero-order chi connectivity index (χ0) is 16.8. The van der Waals surface area contributed by atoms with Gasteiger partial charge in [0.15, 0.2) is 0 Å². The van der Waals surface area contributed by atoms with E-state index < -0.39 is 11.9 Å². The van der Waals surface area contributed by atoms with Crippen LogP contribution in [0.3, 0.4) is 0 Å². The number of nitrogens with two attached hydrogens (primary N) is 1. The van der Waals surface area contributed by atoms with E-state index in [-0.39, 0.29) is 5.91 Å². The molecule has 23 heavy (non-hydrogen) atoms. The lowest BCUT2D eigenvalue weighted by Crippen LogP contribution is -2.47. The quantitative estimate of drug-likeness (QED) is 0.443. The maximum Gasteiger partial charge on any atom is 0.256 e. The number of amides is 2. The molecule has 4 N–H and O–H groups in total. The molecular formula is C18H25N3O2. The second kappa shape index (κ2) is 7.92. The van der Waals surface area contributed by atoms with Gasteiger partial charge >= 0.3 is 0 Å². The summed E-state index contributed by atoms with van der Waals surface area (Å²) in [5, 5.41) is 2.65. The summed E-state index contributed by atoms with van der Waals surface area (Å²) in [4.78, 5) is 23.7. The molecule has 0 bridgehead atoms. The fourth-order valence-corrected chi connectivity index (χ4v) is 3.12. The average molecular weight is 315 g/mol. The molecule has 1 aliphatic rings. The van der Waals surface area contributed by atoms with Crippen molar-refractivity contribution in [2.24, 2.45) is 5.84 Å². The summed E-state index contributed by atoms with van der Waals surface area (Å²) in [6, 6.07) is 5.11. The highest BCUT2D eigenvalue weighted by molar-refractivity contribution is 5.97. The molecule has 1 fully saturated rings. The van der Waals surface area contributed by atoms with Gasteiger partial charge in [0.05, 0.1) is 0 Å². The first-order chi connectivity index (χ1) is 11.1. The Balaban J connectivity index is 2.21. The summed E-state index contributed by atoms with van der Waals surface area (Å²) < 4.78 is 0. The van der Waals surface area contributed by atoms with Crippen molar-refractivity contribution < 1.29 is 9.59 Å². The van der Waals surface area contributed by atoms with E-state index in [9.17, 15) is 9.59 Å². The van der Waals surface area contributed by atoms with Crippen molar-refractivity contribution in [2.45, 2.75) is 51.5 Å². The van der Waals surface area contributed by atoms with Crippen molar-refractivity contribution in [3.8, 4) is 0 Å². The van der Waals surface area contributed by atoms with E-state index in [0.29, 0.717) is 11.5 Å². The third kappa shape index (κ3) is 4.20. The van der Waals surface area contributed by atoms with Gasteiger partial charge in [-0.25, -0.2) is 5.84 Å². The van der Waals surface area contributed by atoms with Crippen molar-refractivity contribution in [3.05, 3.63) is 41.0 Å². The van der Waals surface area contributed by atoms with E-state index in [1.807, 2.05) is 42.7 Å². The first-order valence-corrected chi connectivity index (χ1v) is 8.14. The lowest BCUT2D eigenvalue weighted by atomic mass is 9.91. The van der Waals surface area contributed by atoms with Gasteiger partial charge in [-0.1, -0.05) is 31.1 Å². The number of hydrogen-bond acceptors (Lipinski definition) is 3. The molecule has 0 radical (unpaired) electrons. The minimum Gasteiger partial charge on any atom is -0.340 e. The summed E-state index contributed by atoms with van der Waals surface area (Å²) in [5.74, 6) is 4.97. The molecule has 5 nitrogen and oxygen atoms in total.